The fraction of sp³-hybridized carbons (Fsp3) is 0.222. The largest absolute Gasteiger partial charge is 0.419 e. The van der Waals surface area contributed by atoms with Crippen LogP contribution in [0.2, 0.25) is 0 Å². The number of ether oxygens (including phenoxy) is 2. The normalized spacial score (nSPS) is 11.0. The highest BCUT2D eigenvalue weighted by atomic mass is 16.6. The first-order chi connectivity index (χ1) is 15.6. The number of carbonyl (C=O) groups excluding carboxylic acids is 3. The highest BCUT2D eigenvalue weighted by Gasteiger charge is 2.20. The van der Waals surface area contributed by atoms with Crippen molar-refractivity contribution in [2.75, 3.05) is 6.54 Å². The smallest absolute Gasteiger partial charge is 0.343 e. The van der Waals surface area contributed by atoms with E-state index in [0.29, 0.717) is 16.7 Å². The maximum atomic E-state index is 12.7. The molecule has 6 nitrogen and oxygen atoms in total. The number of hydrogen-bond acceptors (Lipinski definition) is 6. The van der Waals surface area contributed by atoms with Crippen molar-refractivity contribution < 1.29 is 23.9 Å². The molecule has 3 aromatic rings. The van der Waals surface area contributed by atoms with Gasteiger partial charge in [0, 0.05) is 11.1 Å². The third-order valence-electron chi connectivity index (χ3n) is 4.75. The van der Waals surface area contributed by atoms with E-state index in [1.807, 2.05) is 27.7 Å². The summed E-state index contributed by atoms with van der Waals surface area (Å²) in [6.07, 6.45) is 0. The summed E-state index contributed by atoms with van der Waals surface area (Å²) in [5.41, 5.74) is 1.80. The Morgan fingerprint density at radius 2 is 1.27 bits per heavy atom. The van der Waals surface area contributed by atoms with Crippen molar-refractivity contribution in [2.45, 2.75) is 33.2 Å². The van der Waals surface area contributed by atoms with Crippen LogP contribution in [0.25, 0.3) is 0 Å². The van der Waals surface area contributed by atoms with E-state index in [9.17, 15) is 14.4 Å². The summed E-state index contributed by atoms with van der Waals surface area (Å²) in [5, 5.41) is 3.14. The van der Waals surface area contributed by atoms with Crippen molar-refractivity contribution in [1.82, 2.24) is 5.32 Å². The molecule has 3 aromatic carbocycles. The Bertz CT molecular complexity index is 1150. The molecule has 0 aromatic heterocycles. The van der Waals surface area contributed by atoms with E-state index in [-0.39, 0.29) is 29.4 Å². The Morgan fingerprint density at radius 3 is 1.88 bits per heavy atom. The molecular formula is C27H27NO5. The molecule has 170 valence electrons. The standard InChI is InChI=1S/C27H27NO5/c1-18-10-12-20(13-11-18)26(31)32-23-15-14-21(22(29)17-28-27(2,3)4)16-24(23)33-25(30)19-8-6-5-7-9-19/h5-16,28H,17H2,1-4H3. The average molecular weight is 446 g/mol. The van der Waals surface area contributed by atoms with Gasteiger partial charge in [0.1, 0.15) is 0 Å². The van der Waals surface area contributed by atoms with E-state index in [4.69, 9.17) is 9.47 Å². The van der Waals surface area contributed by atoms with Gasteiger partial charge in [-0.25, -0.2) is 9.59 Å². The minimum Gasteiger partial charge on any atom is -0.419 e. The summed E-state index contributed by atoms with van der Waals surface area (Å²) in [5.74, 6) is -1.37. The number of carbonyl (C=O) groups is 3. The highest BCUT2D eigenvalue weighted by Crippen LogP contribution is 2.30. The molecular weight excluding hydrogens is 418 g/mol. The molecule has 6 heteroatoms. The molecule has 0 aliphatic rings. The van der Waals surface area contributed by atoms with E-state index in [1.54, 1.807) is 60.7 Å². The van der Waals surface area contributed by atoms with Gasteiger partial charge >= 0.3 is 11.9 Å². The topological polar surface area (TPSA) is 81.7 Å². The predicted molar refractivity (Wildman–Crippen MR) is 126 cm³/mol. The Kier molecular flexibility index (Phi) is 7.41. The highest BCUT2D eigenvalue weighted by molar-refractivity contribution is 5.99. The molecule has 3 rings (SSSR count). The SMILES string of the molecule is Cc1ccc(C(=O)Oc2ccc(C(=O)CNC(C)(C)C)cc2OC(=O)c2ccccc2)cc1. The quantitative estimate of drug-likeness (QED) is 0.313. The van der Waals surface area contributed by atoms with Gasteiger partial charge in [0.2, 0.25) is 0 Å². The van der Waals surface area contributed by atoms with Crippen LogP contribution in [0.15, 0.2) is 72.8 Å². The lowest BCUT2D eigenvalue weighted by molar-refractivity contribution is 0.0682. The first kappa shape index (κ1) is 23.9. The van der Waals surface area contributed by atoms with Crippen LogP contribution in [0.1, 0.15) is 57.4 Å². The predicted octanol–water partition coefficient (Wildman–Crippen LogP) is 5.00. The summed E-state index contributed by atoms with van der Waals surface area (Å²) in [7, 11) is 0. The molecule has 0 spiro atoms. The van der Waals surface area contributed by atoms with E-state index >= 15 is 0 Å². The molecule has 0 saturated heterocycles. The molecule has 0 unspecified atom stereocenters. The summed E-state index contributed by atoms with van der Waals surface area (Å²) in [6.45, 7) is 7.90. The first-order valence-electron chi connectivity index (χ1n) is 10.6. The van der Waals surface area contributed by atoms with Gasteiger partial charge in [-0.2, -0.15) is 0 Å². The Morgan fingerprint density at radius 1 is 0.727 bits per heavy atom. The first-order valence-corrected chi connectivity index (χ1v) is 10.6. The Balaban J connectivity index is 1.88. The number of rotatable bonds is 7. The van der Waals surface area contributed by atoms with Crippen molar-refractivity contribution in [3.05, 3.63) is 95.1 Å². The lowest BCUT2D eigenvalue weighted by Gasteiger charge is -2.20. The van der Waals surface area contributed by atoms with Gasteiger partial charge in [-0.1, -0.05) is 35.9 Å². The fourth-order valence-corrected chi connectivity index (χ4v) is 2.87. The maximum absolute atomic E-state index is 12.7. The van der Waals surface area contributed by atoms with Crippen LogP contribution in [-0.2, 0) is 0 Å². The van der Waals surface area contributed by atoms with Gasteiger partial charge in [0.05, 0.1) is 17.7 Å². The number of esters is 2. The van der Waals surface area contributed by atoms with E-state index in [0.717, 1.165) is 5.56 Å². The van der Waals surface area contributed by atoms with Gasteiger partial charge in [-0.3, -0.25) is 4.79 Å². The van der Waals surface area contributed by atoms with Gasteiger partial charge in [-0.15, -0.1) is 0 Å². The molecule has 0 fully saturated rings. The van der Waals surface area contributed by atoms with E-state index in [2.05, 4.69) is 5.32 Å². The zero-order valence-corrected chi connectivity index (χ0v) is 19.2. The van der Waals surface area contributed by atoms with Crippen molar-refractivity contribution >= 4 is 17.7 Å². The van der Waals surface area contributed by atoms with Crippen molar-refractivity contribution in [1.29, 1.82) is 0 Å². The number of Topliss-reactive ketones (excluding diaryl/α,β-unsaturated/α-hetero) is 1. The number of benzene rings is 3. The van der Waals surface area contributed by atoms with Crippen LogP contribution >= 0.6 is 0 Å². The molecule has 0 amide bonds. The van der Waals surface area contributed by atoms with Gasteiger partial charge in [-0.05, 0) is 70.2 Å². The molecule has 33 heavy (non-hydrogen) atoms. The maximum Gasteiger partial charge on any atom is 0.343 e. The Hall–Kier alpha value is -3.77. The Labute approximate surface area is 193 Å². The minimum absolute atomic E-state index is 0.00840. The zero-order valence-electron chi connectivity index (χ0n) is 19.2. The fourth-order valence-electron chi connectivity index (χ4n) is 2.87. The lowest BCUT2D eigenvalue weighted by Crippen LogP contribution is -2.39. The second-order valence-electron chi connectivity index (χ2n) is 8.70. The number of nitrogens with one attached hydrogen (secondary N) is 1. The number of aryl methyl sites for hydroxylation is 1. The van der Waals surface area contributed by atoms with Crippen LogP contribution in [0.4, 0.5) is 0 Å². The lowest BCUT2D eigenvalue weighted by atomic mass is 10.1. The van der Waals surface area contributed by atoms with Gasteiger partial charge in [0.15, 0.2) is 17.3 Å². The summed E-state index contributed by atoms with van der Waals surface area (Å²) in [6, 6.07) is 19.8. The van der Waals surface area contributed by atoms with E-state index < -0.39 is 11.9 Å². The third-order valence-corrected chi connectivity index (χ3v) is 4.75. The molecule has 0 atom stereocenters. The number of ketones is 1. The second kappa shape index (κ2) is 10.2. The molecule has 0 aliphatic carbocycles. The number of hydrogen-bond donors (Lipinski definition) is 1. The average Bonchev–Trinajstić information content (AvgIpc) is 2.79. The molecule has 0 aliphatic heterocycles. The van der Waals surface area contributed by atoms with Crippen molar-refractivity contribution in [3.8, 4) is 11.5 Å². The van der Waals surface area contributed by atoms with Gasteiger partial charge < -0.3 is 14.8 Å². The van der Waals surface area contributed by atoms with E-state index in [1.165, 1.54) is 12.1 Å². The van der Waals surface area contributed by atoms with Crippen LogP contribution in [0.5, 0.6) is 11.5 Å². The van der Waals surface area contributed by atoms with Crippen molar-refractivity contribution in [3.63, 3.8) is 0 Å². The van der Waals surface area contributed by atoms with Crippen LogP contribution in [0.3, 0.4) is 0 Å². The van der Waals surface area contributed by atoms with Crippen LogP contribution in [-0.4, -0.2) is 29.8 Å². The van der Waals surface area contributed by atoms with Gasteiger partial charge in [0.25, 0.3) is 0 Å². The summed E-state index contributed by atoms with van der Waals surface area (Å²) in [4.78, 5) is 37.9. The van der Waals surface area contributed by atoms with Crippen LogP contribution < -0.4 is 14.8 Å². The zero-order chi connectivity index (χ0) is 24.0. The molecule has 0 radical (unpaired) electrons. The monoisotopic (exact) mass is 445 g/mol. The van der Waals surface area contributed by atoms with Crippen molar-refractivity contribution in [2.24, 2.45) is 0 Å². The summed E-state index contributed by atoms with van der Waals surface area (Å²) >= 11 is 0. The summed E-state index contributed by atoms with van der Waals surface area (Å²) < 4.78 is 11.0. The minimum atomic E-state index is -0.624. The third kappa shape index (κ3) is 6.85. The second-order valence-corrected chi connectivity index (χ2v) is 8.70. The molecule has 0 saturated carbocycles. The molecule has 0 bridgehead atoms. The van der Waals surface area contributed by atoms with Crippen LogP contribution in [0, 0.1) is 6.92 Å². The molecule has 0 heterocycles. The molecule has 1 N–H and O–H groups in total.